The van der Waals surface area contributed by atoms with Crippen molar-refractivity contribution in [2.45, 2.75) is 18.9 Å². The number of rotatable bonds is 2. The van der Waals surface area contributed by atoms with E-state index in [0.29, 0.717) is 23.5 Å². The molecule has 1 saturated heterocycles. The standard InChI is InChI=1S/C10H10Br2O4/c11-6-4-7(16-9(6)12)8-5(10(13)14)2-1-3-15-8/h4-5,8H,1-3H2,(H,13,14). The van der Waals surface area contributed by atoms with Crippen LogP contribution in [0.5, 0.6) is 0 Å². The van der Waals surface area contributed by atoms with Gasteiger partial charge in [-0.2, -0.15) is 0 Å². The summed E-state index contributed by atoms with van der Waals surface area (Å²) in [5, 5.41) is 9.10. The first-order chi connectivity index (χ1) is 7.59. The fourth-order valence-corrected chi connectivity index (χ4v) is 2.43. The molecule has 2 atom stereocenters. The van der Waals surface area contributed by atoms with Gasteiger partial charge in [-0.3, -0.25) is 4.79 Å². The van der Waals surface area contributed by atoms with Crippen LogP contribution >= 0.6 is 31.9 Å². The number of furan rings is 1. The van der Waals surface area contributed by atoms with Crippen LogP contribution in [0, 0.1) is 5.92 Å². The molecule has 2 unspecified atom stereocenters. The number of hydrogen-bond donors (Lipinski definition) is 1. The molecule has 88 valence electrons. The molecule has 6 heteroatoms. The summed E-state index contributed by atoms with van der Waals surface area (Å²) in [6.45, 7) is 0.574. The van der Waals surface area contributed by atoms with Gasteiger partial charge >= 0.3 is 5.97 Å². The lowest BCUT2D eigenvalue weighted by molar-refractivity contribution is -0.153. The second kappa shape index (κ2) is 4.89. The van der Waals surface area contributed by atoms with Crippen molar-refractivity contribution < 1.29 is 19.1 Å². The van der Waals surface area contributed by atoms with Gasteiger partial charge in [-0.1, -0.05) is 0 Å². The molecule has 0 radical (unpaired) electrons. The molecule has 0 saturated carbocycles. The Morgan fingerprint density at radius 2 is 2.25 bits per heavy atom. The van der Waals surface area contributed by atoms with Crippen molar-refractivity contribution in [2.75, 3.05) is 6.61 Å². The third-order valence-electron chi connectivity index (χ3n) is 2.58. The van der Waals surface area contributed by atoms with E-state index in [1.54, 1.807) is 6.07 Å². The Balaban J connectivity index is 2.26. The molecule has 1 aliphatic heterocycles. The summed E-state index contributed by atoms with van der Waals surface area (Å²) >= 11 is 6.52. The average molecular weight is 354 g/mol. The van der Waals surface area contributed by atoms with Crippen molar-refractivity contribution in [2.24, 2.45) is 5.92 Å². The third-order valence-corrected chi connectivity index (χ3v) is 4.29. The molecule has 1 N–H and O–H groups in total. The topological polar surface area (TPSA) is 59.7 Å². The zero-order valence-electron chi connectivity index (χ0n) is 8.28. The van der Waals surface area contributed by atoms with Crippen LogP contribution in [0.2, 0.25) is 0 Å². The summed E-state index contributed by atoms with van der Waals surface area (Å²) in [5.41, 5.74) is 0. The molecule has 16 heavy (non-hydrogen) atoms. The Morgan fingerprint density at radius 3 is 2.81 bits per heavy atom. The quantitative estimate of drug-likeness (QED) is 0.885. The van der Waals surface area contributed by atoms with E-state index in [0.717, 1.165) is 10.9 Å². The van der Waals surface area contributed by atoms with Gasteiger partial charge in [-0.05, 0) is 50.8 Å². The lowest BCUT2D eigenvalue weighted by Gasteiger charge is -2.27. The second-order valence-electron chi connectivity index (χ2n) is 3.65. The summed E-state index contributed by atoms with van der Waals surface area (Å²) in [7, 11) is 0. The van der Waals surface area contributed by atoms with Crippen LogP contribution in [-0.4, -0.2) is 17.7 Å². The molecule has 1 aromatic heterocycles. The number of halogens is 2. The molecule has 0 aliphatic carbocycles. The summed E-state index contributed by atoms with van der Waals surface area (Å²) in [6.07, 6.45) is 0.903. The van der Waals surface area contributed by atoms with Crippen molar-refractivity contribution in [3.05, 3.63) is 21.0 Å². The minimum Gasteiger partial charge on any atom is -0.481 e. The van der Waals surface area contributed by atoms with E-state index in [1.807, 2.05) is 0 Å². The van der Waals surface area contributed by atoms with Crippen molar-refractivity contribution in [3.8, 4) is 0 Å². The number of ether oxygens (including phenoxy) is 1. The summed E-state index contributed by atoms with van der Waals surface area (Å²) in [5.74, 6) is -0.821. The molecular weight excluding hydrogens is 344 g/mol. The van der Waals surface area contributed by atoms with Crippen LogP contribution in [0.3, 0.4) is 0 Å². The van der Waals surface area contributed by atoms with E-state index in [2.05, 4.69) is 31.9 Å². The number of carbonyl (C=O) groups is 1. The molecule has 2 heterocycles. The molecule has 0 bridgehead atoms. The van der Waals surface area contributed by atoms with Gasteiger partial charge in [0.05, 0.1) is 10.4 Å². The van der Waals surface area contributed by atoms with Gasteiger partial charge in [-0.25, -0.2) is 0 Å². The van der Waals surface area contributed by atoms with E-state index in [-0.39, 0.29) is 0 Å². The Kier molecular flexibility index (Phi) is 3.71. The van der Waals surface area contributed by atoms with Crippen molar-refractivity contribution in [1.82, 2.24) is 0 Å². The monoisotopic (exact) mass is 352 g/mol. The normalized spacial score (nSPS) is 25.6. The van der Waals surface area contributed by atoms with E-state index in [1.165, 1.54) is 0 Å². The molecule has 1 aromatic rings. The minimum atomic E-state index is -0.839. The van der Waals surface area contributed by atoms with Crippen LogP contribution in [0.1, 0.15) is 24.7 Å². The predicted octanol–water partition coefficient (Wildman–Crippen LogP) is 3.36. The maximum atomic E-state index is 11.1. The molecule has 0 aromatic carbocycles. The van der Waals surface area contributed by atoms with Gasteiger partial charge < -0.3 is 14.3 Å². The molecule has 1 fully saturated rings. The first-order valence-corrected chi connectivity index (χ1v) is 6.47. The first kappa shape index (κ1) is 12.1. The third kappa shape index (κ3) is 2.33. The minimum absolute atomic E-state index is 0.492. The molecule has 0 spiro atoms. The van der Waals surface area contributed by atoms with Crippen LogP contribution in [-0.2, 0) is 9.53 Å². The summed E-state index contributed by atoms with van der Waals surface area (Å²) in [6, 6.07) is 1.75. The highest BCUT2D eigenvalue weighted by molar-refractivity contribution is 9.13. The highest BCUT2D eigenvalue weighted by Crippen LogP contribution is 2.38. The fourth-order valence-electron chi connectivity index (χ4n) is 1.82. The number of aliphatic carboxylic acids is 1. The SMILES string of the molecule is O=C(O)C1CCCOC1c1cc(Br)c(Br)o1. The predicted molar refractivity (Wildman–Crippen MR) is 63.2 cm³/mol. The average Bonchev–Trinajstić information content (AvgIpc) is 2.59. The summed E-state index contributed by atoms with van der Waals surface area (Å²) in [4.78, 5) is 11.1. The van der Waals surface area contributed by atoms with E-state index in [9.17, 15) is 4.79 Å². The highest BCUT2D eigenvalue weighted by atomic mass is 79.9. The summed E-state index contributed by atoms with van der Waals surface area (Å²) < 4.78 is 12.2. The van der Waals surface area contributed by atoms with Crippen LogP contribution in [0.4, 0.5) is 0 Å². The van der Waals surface area contributed by atoms with Crippen LogP contribution < -0.4 is 0 Å². The number of carboxylic acids is 1. The van der Waals surface area contributed by atoms with Crippen LogP contribution in [0.25, 0.3) is 0 Å². The lowest BCUT2D eigenvalue weighted by Crippen LogP contribution is -2.28. The number of carboxylic acid groups (broad SMARTS) is 1. The first-order valence-electron chi connectivity index (χ1n) is 4.88. The van der Waals surface area contributed by atoms with Gasteiger partial charge in [-0.15, -0.1) is 0 Å². The van der Waals surface area contributed by atoms with E-state index in [4.69, 9.17) is 14.3 Å². The largest absolute Gasteiger partial charge is 0.481 e. The Bertz CT molecular complexity index is 382. The van der Waals surface area contributed by atoms with Gasteiger partial charge in [0.1, 0.15) is 11.9 Å². The second-order valence-corrected chi connectivity index (χ2v) is 5.22. The maximum absolute atomic E-state index is 11.1. The van der Waals surface area contributed by atoms with Crippen LogP contribution in [0.15, 0.2) is 19.6 Å². The van der Waals surface area contributed by atoms with Crippen molar-refractivity contribution in [3.63, 3.8) is 0 Å². The fraction of sp³-hybridized carbons (Fsp3) is 0.500. The van der Waals surface area contributed by atoms with E-state index < -0.39 is 18.0 Å². The smallest absolute Gasteiger partial charge is 0.309 e. The van der Waals surface area contributed by atoms with Gasteiger partial charge in [0.2, 0.25) is 0 Å². The Labute approximate surface area is 109 Å². The van der Waals surface area contributed by atoms with Gasteiger partial charge in [0.15, 0.2) is 4.67 Å². The Morgan fingerprint density at radius 1 is 1.50 bits per heavy atom. The Hall–Kier alpha value is -0.330. The van der Waals surface area contributed by atoms with E-state index >= 15 is 0 Å². The van der Waals surface area contributed by atoms with Gasteiger partial charge in [0.25, 0.3) is 0 Å². The number of hydrogen-bond acceptors (Lipinski definition) is 3. The van der Waals surface area contributed by atoms with Crippen molar-refractivity contribution in [1.29, 1.82) is 0 Å². The molecule has 4 nitrogen and oxygen atoms in total. The maximum Gasteiger partial charge on any atom is 0.309 e. The zero-order valence-corrected chi connectivity index (χ0v) is 11.5. The zero-order chi connectivity index (χ0) is 11.7. The molecule has 1 aliphatic rings. The molecule has 2 rings (SSSR count). The van der Waals surface area contributed by atoms with Crippen molar-refractivity contribution >= 4 is 37.8 Å². The lowest BCUT2D eigenvalue weighted by atomic mass is 9.93. The molecular formula is C10H10Br2O4. The highest BCUT2D eigenvalue weighted by Gasteiger charge is 2.35. The molecule has 0 amide bonds. The van der Waals surface area contributed by atoms with Gasteiger partial charge in [0, 0.05) is 6.61 Å².